The molecule has 3 rings (SSSR count). The molecule has 0 aliphatic carbocycles. The normalized spacial score (nSPS) is 14.7. The molecule has 2 heterocycles. The minimum absolute atomic E-state index is 0.106. The number of morpholine rings is 1. The molecule has 6 nitrogen and oxygen atoms in total. The van der Waals surface area contributed by atoms with Gasteiger partial charge in [0.05, 0.1) is 20.3 Å². The molecule has 1 aliphatic rings. The lowest BCUT2D eigenvalue weighted by Crippen LogP contribution is -2.38. The van der Waals surface area contributed by atoms with Crippen LogP contribution in [0.1, 0.15) is 17.5 Å². The maximum Gasteiger partial charge on any atom is 0.246 e. The summed E-state index contributed by atoms with van der Waals surface area (Å²) in [6, 6.07) is 8.44. The Bertz CT molecular complexity index is 839. The Hall–Kier alpha value is -2.77. The third-order valence-electron chi connectivity index (χ3n) is 5.03. The van der Waals surface area contributed by atoms with Crippen molar-refractivity contribution in [2.45, 2.75) is 13.0 Å². The summed E-state index contributed by atoms with van der Waals surface area (Å²) in [5.41, 5.74) is 1.63. The summed E-state index contributed by atoms with van der Waals surface area (Å²) in [5, 5.41) is 0. The van der Waals surface area contributed by atoms with E-state index >= 15 is 0 Å². The van der Waals surface area contributed by atoms with Gasteiger partial charge in [0.15, 0.2) is 11.6 Å². The maximum absolute atomic E-state index is 13.9. The second-order valence-electron chi connectivity index (χ2n) is 7.15. The van der Waals surface area contributed by atoms with Gasteiger partial charge in [-0.05, 0) is 47.9 Å². The first kappa shape index (κ1) is 21.9. The predicted molar refractivity (Wildman–Crippen MR) is 114 cm³/mol. The second kappa shape index (κ2) is 11.4. The number of carbonyl (C=O) groups excluding carboxylic acids is 1. The van der Waals surface area contributed by atoms with Crippen LogP contribution in [0.15, 0.2) is 48.8 Å². The number of carbonyl (C=O) groups is 1. The zero-order valence-electron chi connectivity index (χ0n) is 17.3. The highest BCUT2D eigenvalue weighted by Crippen LogP contribution is 2.18. The minimum Gasteiger partial charge on any atom is -0.494 e. The molecule has 1 amide bonds. The Morgan fingerprint density at radius 2 is 2.03 bits per heavy atom. The Morgan fingerprint density at radius 3 is 2.73 bits per heavy atom. The molecule has 2 aromatic rings. The molecular weight excluding hydrogens is 385 g/mol. The number of methoxy groups -OCH3 is 1. The molecule has 0 N–H and O–H groups in total. The van der Waals surface area contributed by atoms with Crippen molar-refractivity contribution in [1.82, 2.24) is 14.8 Å². The number of rotatable bonds is 9. The van der Waals surface area contributed by atoms with Crippen molar-refractivity contribution in [1.29, 1.82) is 0 Å². The van der Waals surface area contributed by atoms with E-state index in [1.807, 2.05) is 17.0 Å². The Labute approximate surface area is 176 Å². The van der Waals surface area contributed by atoms with Gasteiger partial charge >= 0.3 is 0 Å². The van der Waals surface area contributed by atoms with E-state index in [0.717, 1.165) is 44.8 Å². The second-order valence-corrected chi connectivity index (χ2v) is 7.15. The van der Waals surface area contributed by atoms with E-state index in [1.165, 1.54) is 19.3 Å². The molecule has 0 atom stereocenters. The van der Waals surface area contributed by atoms with Crippen LogP contribution in [-0.4, -0.2) is 67.2 Å². The van der Waals surface area contributed by atoms with Gasteiger partial charge in [-0.15, -0.1) is 0 Å². The average molecular weight is 413 g/mol. The topological polar surface area (TPSA) is 54.9 Å². The quantitative estimate of drug-likeness (QED) is 0.592. The number of aromatic nitrogens is 1. The van der Waals surface area contributed by atoms with Crippen LogP contribution in [-0.2, 0) is 16.1 Å². The number of halogens is 1. The first-order valence-corrected chi connectivity index (χ1v) is 10.2. The fraction of sp³-hybridized carbons (Fsp3) is 0.391. The fourth-order valence-electron chi connectivity index (χ4n) is 3.34. The van der Waals surface area contributed by atoms with Crippen molar-refractivity contribution in [2.75, 3.05) is 46.5 Å². The van der Waals surface area contributed by atoms with Crippen molar-refractivity contribution in [3.63, 3.8) is 0 Å². The summed E-state index contributed by atoms with van der Waals surface area (Å²) in [6.07, 6.45) is 7.45. The van der Waals surface area contributed by atoms with Gasteiger partial charge < -0.3 is 14.4 Å². The summed E-state index contributed by atoms with van der Waals surface area (Å²) in [5.74, 6) is -0.378. The van der Waals surface area contributed by atoms with Crippen molar-refractivity contribution < 1.29 is 18.7 Å². The van der Waals surface area contributed by atoms with Gasteiger partial charge in [-0.1, -0.05) is 6.07 Å². The average Bonchev–Trinajstić information content (AvgIpc) is 2.78. The zero-order chi connectivity index (χ0) is 21.2. The van der Waals surface area contributed by atoms with E-state index in [0.29, 0.717) is 18.7 Å². The van der Waals surface area contributed by atoms with Crippen LogP contribution in [0, 0.1) is 5.82 Å². The lowest BCUT2D eigenvalue weighted by molar-refractivity contribution is -0.126. The Morgan fingerprint density at radius 1 is 1.27 bits per heavy atom. The van der Waals surface area contributed by atoms with Gasteiger partial charge in [0.1, 0.15) is 0 Å². The molecule has 0 radical (unpaired) electrons. The summed E-state index contributed by atoms with van der Waals surface area (Å²) >= 11 is 0. The van der Waals surface area contributed by atoms with Crippen molar-refractivity contribution in [3.8, 4) is 5.75 Å². The zero-order valence-corrected chi connectivity index (χ0v) is 17.3. The van der Waals surface area contributed by atoms with Crippen LogP contribution in [0.4, 0.5) is 4.39 Å². The van der Waals surface area contributed by atoms with Gasteiger partial charge in [-0.2, -0.15) is 0 Å². The van der Waals surface area contributed by atoms with Gasteiger partial charge in [-0.25, -0.2) is 4.39 Å². The van der Waals surface area contributed by atoms with E-state index < -0.39 is 5.82 Å². The van der Waals surface area contributed by atoms with E-state index in [-0.39, 0.29) is 11.7 Å². The standard InChI is InChI=1S/C23H28FN3O3/c1-29-22-5-3-19(17-21(22)24)4-6-23(28)27(18-20-7-9-25-10-8-20)12-2-11-26-13-15-30-16-14-26/h3-10,17H,2,11-16,18H2,1H3/b6-4+. The highest BCUT2D eigenvalue weighted by molar-refractivity contribution is 5.91. The van der Waals surface area contributed by atoms with Crippen molar-refractivity contribution in [2.24, 2.45) is 0 Å². The molecule has 0 unspecified atom stereocenters. The number of benzene rings is 1. The molecule has 1 aromatic carbocycles. The summed E-state index contributed by atoms with van der Waals surface area (Å²) in [7, 11) is 1.42. The van der Waals surface area contributed by atoms with E-state index in [1.54, 1.807) is 30.6 Å². The van der Waals surface area contributed by atoms with Gasteiger partial charge in [0, 0.05) is 51.2 Å². The van der Waals surface area contributed by atoms with E-state index in [9.17, 15) is 9.18 Å². The predicted octanol–water partition coefficient (Wildman–Crippen LogP) is 2.99. The Balaban J connectivity index is 1.63. The molecule has 0 spiro atoms. The number of amides is 1. The van der Waals surface area contributed by atoms with E-state index in [4.69, 9.17) is 9.47 Å². The first-order valence-electron chi connectivity index (χ1n) is 10.2. The first-order chi connectivity index (χ1) is 14.7. The molecule has 0 bridgehead atoms. The van der Waals surface area contributed by atoms with Crippen LogP contribution in [0.2, 0.25) is 0 Å². The van der Waals surface area contributed by atoms with Gasteiger partial charge in [0.2, 0.25) is 5.91 Å². The summed E-state index contributed by atoms with van der Waals surface area (Å²) in [6.45, 7) is 5.46. The largest absolute Gasteiger partial charge is 0.494 e. The van der Waals surface area contributed by atoms with Crippen molar-refractivity contribution in [3.05, 3.63) is 65.7 Å². The number of ether oxygens (including phenoxy) is 2. The monoisotopic (exact) mass is 413 g/mol. The summed E-state index contributed by atoms with van der Waals surface area (Å²) < 4.78 is 24.2. The number of pyridine rings is 1. The summed E-state index contributed by atoms with van der Waals surface area (Å²) in [4.78, 5) is 21.1. The lowest BCUT2D eigenvalue weighted by Gasteiger charge is -2.28. The molecule has 30 heavy (non-hydrogen) atoms. The molecule has 1 aromatic heterocycles. The molecule has 1 fully saturated rings. The fourth-order valence-corrected chi connectivity index (χ4v) is 3.34. The molecule has 7 heteroatoms. The van der Waals surface area contributed by atoms with Crippen LogP contribution >= 0.6 is 0 Å². The number of nitrogens with zero attached hydrogens (tertiary/aromatic N) is 3. The third-order valence-corrected chi connectivity index (χ3v) is 5.03. The number of hydrogen-bond acceptors (Lipinski definition) is 5. The molecule has 1 saturated heterocycles. The van der Waals surface area contributed by atoms with Gasteiger partial charge in [0.25, 0.3) is 0 Å². The molecule has 160 valence electrons. The smallest absolute Gasteiger partial charge is 0.246 e. The van der Waals surface area contributed by atoms with E-state index in [2.05, 4.69) is 9.88 Å². The SMILES string of the molecule is COc1ccc(/C=C/C(=O)N(CCCN2CCOCC2)Cc2ccncc2)cc1F. The highest BCUT2D eigenvalue weighted by Gasteiger charge is 2.14. The van der Waals surface area contributed by atoms with Gasteiger partial charge in [-0.3, -0.25) is 14.7 Å². The third kappa shape index (κ3) is 6.64. The minimum atomic E-state index is -0.453. The molecule has 1 aliphatic heterocycles. The van der Waals surface area contributed by atoms with Crippen LogP contribution in [0.3, 0.4) is 0 Å². The number of hydrogen-bond donors (Lipinski definition) is 0. The highest BCUT2D eigenvalue weighted by atomic mass is 19.1. The molecular formula is C23H28FN3O3. The van der Waals surface area contributed by atoms with Crippen LogP contribution in [0.25, 0.3) is 6.08 Å². The van der Waals surface area contributed by atoms with Crippen LogP contribution < -0.4 is 4.74 Å². The Kier molecular flexibility index (Phi) is 8.35. The van der Waals surface area contributed by atoms with Crippen LogP contribution in [0.5, 0.6) is 5.75 Å². The maximum atomic E-state index is 13.9. The molecule has 0 saturated carbocycles. The lowest BCUT2D eigenvalue weighted by atomic mass is 10.2. The van der Waals surface area contributed by atoms with Crippen molar-refractivity contribution >= 4 is 12.0 Å².